The minimum Gasteiger partial charge on any atom is -0.478 e. The van der Waals surface area contributed by atoms with E-state index < -0.39 is 5.97 Å². The number of H-pyrrole nitrogens is 1. The molecule has 0 saturated carbocycles. The third-order valence-corrected chi connectivity index (χ3v) is 2.23. The molecule has 0 aliphatic heterocycles. The third kappa shape index (κ3) is 2.94. The summed E-state index contributed by atoms with van der Waals surface area (Å²) in [7, 11) is 0. The van der Waals surface area contributed by atoms with Crippen LogP contribution in [0.15, 0.2) is 23.5 Å². The number of nitrogens with one attached hydrogen (secondary N) is 2. The Bertz CT molecular complexity index is 421. The smallest absolute Gasteiger partial charge is 0.331 e. The Morgan fingerprint density at radius 2 is 2.12 bits per heavy atom. The fourth-order valence-corrected chi connectivity index (χ4v) is 1.02. The van der Waals surface area contributed by atoms with Crippen molar-refractivity contribution in [2.24, 2.45) is 0 Å². The number of aliphatic carboxylic acids is 1. The topological polar surface area (TPSA) is 95.1 Å². The maximum absolute atomic E-state index is 11.5. The molecule has 0 aliphatic rings. The number of carboxylic acids is 1. The highest BCUT2D eigenvalue weighted by Gasteiger charge is 2.12. The number of nitrogens with zero attached hydrogens (tertiary/aromatic N) is 1. The van der Waals surface area contributed by atoms with Gasteiger partial charge in [0, 0.05) is 29.5 Å². The maximum atomic E-state index is 11.5. The number of carboxylic acid groups (broad SMARTS) is 1. The van der Waals surface area contributed by atoms with Crippen LogP contribution in [0.4, 0.5) is 0 Å². The third-order valence-electron chi connectivity index (χ3n) is 2.23. The number of aromatic amines is 1. The van der Waals surface area contributed by atoms with Gasteiger partial charge in [-0.15, -0.1) is 0 Å². The quantitative estimate of drug-likeness (QED) is 0.646. The van der Waals surface area contributed by atoms with E-state index in [9.17, 15) is 9.59 Å². The number of carbonyl (C=O) groups excluding carboxylic acids is 1. The predicted molar refractivity (Wildman–Crippen MR) is 56.4 cm³/mol. The van der Waals surface area contributed by atoms with E-state index in [-0.39, 0.29) is 17.1 Å². The lowest BCUT2D eigenvalue weighted by atomic mass is 10.1. The van der Waals surface area contributed by atoms with Crippen molar-refractivity contribution in [1.82, 2.24) is 15.5 Å². The largest absolute Gasteiger partial charge is 0.478 e. The molecule has 0 fully saturated rings. The summed E-state index contributed by atoms with van der Waals surface area (Å²) >= 11 is 0. The van der Waals surface area contributed by atoms with Gasteiger partial charge in [0.05, 0.1) is 6.20 Å². The molecule has 86 valence electrons. The molecule has 0 spiro atoms. The number of hydrogen-bond donors (Lipinski definition) is 3. The zero-order valence-electron chi connectivity index (χ0n) is 9.07. The zero-order valence-corrected chi connectivity index (χ0v) is 9.07. The SMILES string of the molecule is CC(C(=O)O)=C(C)C(=O)NCc1cn[nH]c1. The lowest BCUT2D eigenvalue weighted by Gasteiger charge is -2.05. The van der Waals surface area contributed by atoms with Crippen molar-refractivity contribution in [3.05, 3.63) is 29.1 Å². The molecule has 1 rings (SSSR count). The van der Waals surface area contributed by atoms with E-state index in [1.165, 1.54) is 13.8 Å². The van der Waals surface area contributed by atoms with Gasteiger partial charge in [0.15, 0.2) is 0 Å². The summed E-state index contributed by atoms with van der Waals surface area (Å²) < 4.78 is 0. The van der Waals surface area contributed by atoms with Gasteiger partial charge in [0.1, 0.15) is 0 Å². The molecule has 6 nitrogen and oxygen atoms in total. The van der Waals surface area contributed by atoms with E-state index in [0.29, 0.717) is 6.54 Å². The minimum atomic E-state index is -1.09. The normalized spacial score (nSPS) is 11.9. The first-order valence-electron chi connectivity index (χ1n) is 4.69. The van der Waals surface area contributed by atoms with Gasteiger partial charge in [-0.3, -0.25) is 9.89 Å². The Morgan fingerprint density at radius 3 is 2.62 bits per heavy atom. The second-order valence-electron chi connectivity index (χ2n) is 3.34. The molecule has 1 aromatic rings. The molecule has 16 heavy (non-hydrogen) atoms. The Kier molecular flexibility index (Phi) is 3.82. The van der Waals surface area contributed by atoms with Crippen LogP contribution in [0.3, 0.4) is 0 Å². The Balaban J connectivity index is 2.59. The van der Waals surface area contributed by atoms with E-state index in [1.54, 1.807) is 12.4 Å². The van der Waals surface area contributed by atoms with E-state index in [4.69, 9.17) is 5.11 Å². The molecule has 1 amide bonds. The molecule has 1 heterocycles. The van der Waals surface area contributed by atoms with Crippen LogP contribution in [0.1, 0.15) is 19.4 Å². The van der Waals surface area contributed by atoms with Crippen LogP contribution in [-0.2, 0) is 16.1 Å². The summed E-state index contributed by atoms with van der Waals surface area (Å²) in [5.41, 5.74) is 1.08. The number of aromatic nitrogens is 2. The molecule has 1 aromatic heterocycles. The first kappa shape index (κ1) is 12.0. The van der Waals surface area contributed by atoms with Crippen molar-refractivity contribution in [3.8, 4) is 0 Å². The Labute approximate surface area is 92.4 Å². The highest BCUT2D eigenvalue weighted by molar-refractivity contribution is 6.01. The highest BCUT2D eigenvalue weighted by Crippen LogP contribution is 2.04. The van der Waals surface area contributed by atoms with Gasteiger partial charge in [-0.05, 0) is 13.8 Å². The van der Waals surface area contributed by atoms with Crippen LogP contribution < -0.4 is 5.32 Å². The van der Waals surface area contributed by atoms with E-state index in [2.05, 4.69) is 15.5 Å². The highest BCUT2D eigenvalue weighted by atomic mass is 16.4. The monoisotopic (exact) mass is 223 g/mol. The van der Waals surface area contributed by atoms with E-state index in [0.717, 1.165) is 5.56 Å². The standard InChI is InChI=1S/C10H13N3O3/c1-6(7(2)10(15)16)9(14)11-3-8-4-12-13-5-8/h4-5H,3H2,1-2H3,(H,11,14)(H,12,13)(H,15,16). The lowest BCUT2D eigenvalue weighted by molar-refractivity contribution is -0.133. The molecule has 3 N–H and O–H groups in total. The number of amides is 1. The van der Waals surface area contributed by atoms with E-state index >= 15 is 0 Å². The summed E-state index contributed by atoms with van der Waals surface area (Å²) in [6.45, 7) is 3.20. The zero-order chi connectivity index (χ0) is 12.1. The molecule has 0 unspecified atom stereocenters. The molecular weight excluding hydrogens is 210 g/mol. The molecular formula is C10H13N3O3. The van der Waals surface area contributed by atoms with Gasteiger partial charge in [0.25, 0.3) is 0 Å². The fraction of sp³-hybridized carbons (Fsp3) is 0.300. The number of carbonyl (C=O) groups is 2. The molecule has 0 aliphatic carbocycles. The van der Waals surface area contributed by atoms with Crippen LogP contribution in [-0.4, -0.2) is 27.2 Å². The van der Waals surface area contributed by atoms with Crippen LogP contribution in [0.5, 0.6) is 0 Å². The number of rotatable bonds is 4. The van der Waals surface area contributed by atoms with Gasteiger partial charge >= 0.3 is 5.97 Å². The minimum absolute atomic E-state index is 0.0460. The van der Waals surface area contributed by atoms with Gasteiger partial charge in [-0.2, -0.15) is 5.10 Å². The fourth-order valence-electron chi connectivity index (χ4n) is 1.02. The Hall–Kier alpha value is -2.11. The molecule has 0 bridgehead atoms. The van der Waals surface area contributed by atoms with Crippen molar-refractivity contribution in [1.29, 1.82) is 0 Å². The van der Waals surface area contributed by atoms with E-state index in [1.807, 2.05) is 0 Å². The second kappa shape index (κ2) is 5.11. The predicted octanol–water partition coefficient (Wildman–Crippen LogP) is 0.447. The van der Waals surface area contributed by atoms with Crippen LogP contribution >= 0.6 is 0 Å². The molecule has 6 heteroatoms. The van der Waals surface area contributed by atoms with Gasteiger partial charge in [-0.1, -0.05) is 0 Å². The van der Waals surface area contributed by atoms with Crippen molar-refractivity contribution >= 4 is 11.9 Å². The van der Waals surface area contributed by atoms with Crippen molar-refractivity contribution in [3.63, 3.8) is 0 Å². The average molecular weight is 223 g/mol. The van der Waals surface area contributed by atoms with Crippen molar-refractivity contribution in [2.75, 3.05) is 0 Å². The van der Waals surface area contributed by atoms with Gasteiger partial charge < -0.3 is 10.4 Å². The van der Waals surface area contributed by atoms with Gasteiger partial charge in [-0.25, -0.2) is 4.79 Å². The Morgan fingerprint density at radius 1 is 1.44 bits per heavy atom. The van der Waals surface area contributed by atoms with Crippen molar-refractivity contribution in [2.45, 2.75) is 20.4 Å². The van der Waals surface area contributed by atoms with Crippen molar-refractivity contribution < 1.29 is 14.7 Å². The first-order valence-corrected chi connectivity index (χ1v) is 4.69. The second-order valence-corrected chi connectivity index (χ2v) is 3.34. The molecule has 0 aromatic carbocycles. The number of hydrogen-bond acceptors (Lipinski definition) is 3. The summed E-state index contributed by atoms with van der Waals surface area (Å²) in [6, 6.07) is 0. The molecule has 0 radical (unpaired) electrons. The van der Waals surface area contributed by atoms with Crippen LogP contribution in [0.2, 0.25) is 0 Å². The summed E-state index contributed by atoms with van der Waals surface area (Å²) in [4.78, 5) is 22.1. The molecule has 0 saturated heterocycles. The lowest BCUT2D eigenvalue weighted by Crippen LogP contribution is -2.24. The first-order chi connectivity index (χ1) is 7.52. The average Bonchev–Trinajstić information content (AvgIpc) is 2.76. The molecule has 0 atom stereocenters. The van der Waals surface area contributed by atoms with Crippen LogP contribution in [0, 0.1) is 0 Å². The van der Waals surface area contributed by atoms with Crippen LogP contribution in [0.25, 0.3) is 0 Å². The maximum Gasteiger partial charge on any atom is 0.331 e. The van der Waals surface area contributed by atoms with Gasteiger partial charge in [0.2, 0.25) is 5.91 Å². The summed E-state index contributed by atoms with van der Waals surface area (Å²) in [5.74, 6) is -1.47. The summed E-state index contributed by atoms with van der Waals surface area (Å²) in [5, 5.41) is 17.6. The summed E-state index contributed by atoms with van der Waals surface area (Å²) in [6.07, 6.45) is 3.24.